The summed E-state index contributed by atoms with van der Waals surface area (Å²) < 4.78 is 15.8. The van der Waals surface area contributed by atoms with Crippen LogP contribution in [0.1, 0.15) is 29.3 Å². The Hall–Kier alpha value is -2.89. The maximum Gasteiger partial charge on any atom is 0.306 e. The monoisotopic (exact) mass is 326 g/mol. The molecule has 2 aromatic heterocycles. The van der Waals surface area contributed by atoms with E-state index in [1.54, 1.807) is 12.3 Å². The van der Waals surface area contributed by atoms with Crippen molar-refractivity contribution < 1.29 is 18.5 Å². The van der Waals surface area contributed by atoms with Crippen LogP contribution in [0.2, 0.25) is 0 Å². The zero-order chi connectivity index (χ0) is 16.9. The number of carbonyl (C=O) groups is 1. The molecule has 6 nitrogen and oxygen atoms in total. The van der Waals surface area contributed by atoms with E-state index in [9.17, 15) is 4.79 Å². The van der Waals surface area contributed by atoms with E-state index in [-0.39, 0.29) is 19.0 Å². The number of aryl methyl sites for hydroxylation is 3. The highest BCUT2D eigenvalue weighted by atomic mass is 16.5. The number of benzene rings is 1. The minimum atomic E-state index is -0.334. The number of carbonyl (C=O) groups excluding carboxylic acids is 1. The first kappa shape index (κ1) is 16.0. The van der Waals surface area contributed by atoms with Crippen LogP contribution in [0.25, 0.3) is 11.3 Å². The van der Waals surface area contributed by atoms with Gasteiger partial charge in [0.05, 0.1) is 18.3 Å². The SMILES string of the molecule is Cc1ccc(-c2cnc(CCC(=O)OCc3cc(C)no3)o2)cc1. The van der Waals surface area contributed by atoms with Gasteiger partial charge < -0.3 is 13.7 Å². The lowest BCUT2D eigenvalue weighted by molar-refractivity contribution is -0.145. The van der Waals surface area contributed by atoms with Gasteiger partial charge in [-0.25, -0.2) is 4.98 Å². The van der Waals surface area contributed by atoms with E-state index in [0.717, 1.165) is 11.3 Å². The quantitative estimate of drug-likeness (QED) is 0.644. The van der Waals surface area contributed by atoms with Crippen molar-refractivity contribution in [3.05, 3.63) is 59.4 Å². The molecule has 6 heteroatoms. The van der Waals surface area contributed by atoms with Gasteiger partial charge in [0.15, 0.2) is 24.0 Å². The molecule has 0 amide bonds. The number of rotatable bonds is 6. The first-order valence-electron chi connectivity index (χ1n) is 7.70. The van der Waals surface area contributed by atoms with Crippen LogP contribution in [0.3, 0.4) is 0 Å². The molecule has 0 N–H and O–H groups in total. The maximum atomic E-state index is 11.8. The second-order valence-electron chi connectivity index (χ2n) is 5.58. The third-order valence-corrected chi connectivity index (χ3v) is 3.48. The molecule has 0 fully saturated rings. The molecule has 0 unspecified atom stereocenters. The van der Waals surface area contributed by atoms with Crippen LogP contribution in [-0.2, 0) is 22.6 Å². The van der Waals surface area contributed by atoms with Crippen molar-refractivity contribution >= 4 is 5.97 Å². The van der Waals surface area contributed by atoms with Gasteiger partial charge in [-0.3, -0.25) is 4.79 Å². The Kier molecular flexibility index (Phi) is 4.74. The number of ether oxygens (including phenoxy) is 1. The molecule has 0 saturated heterocycles. The first-order chi connectivity index (χ1) is 11.6. The Morgan fingerprint density at radius 3 is 2.71 bits per heavy atom. The predicted molar refractivity (Wildman–Crippen MR) is 86.0 cm³/mol. The van der Waals surface area contributed by atoms with Gasteiger partial charge in [-0.1, -0.05) is 35.0 Å². The molecule has 0 radical (unpaired) electrons. The van der Waals surface area contributed by atoms with E-state index in [1.807, 2.05) is 38.1 Å². The van der Waals surface area contributed by atoms with Crippen molar-refractivity contribution in [3.8, 4) is 11.3 Å². The van der Waals surface area contributed by atoms with Gasteiger partial charge in [0, 0.05) is 18.1 Å². The van der Waals surface area contributed by atoms with Crippen LogP contribution < -0.4 is 0 Å². The van der Waals surface area contributed by atoms with Crippen LogP contribution in [-0.4, -0.2) is 16.1 Å². The van der Waals surface area contributed by atoms with Gasteiger partial charge in [0.1, 0.15) is 0 Å². The van der Waals surface area contributed by atoms with Crippen molar-refractivity contribution in [3.63, 3.8) is 0 Å². The molecule has 2 heterocycles. The van der Waals surface area contributed by atoms with Crippen LogP contribution in [0, 0.1) is 13.8 Å². The second-order valence-corrected chi connectivity index (χ2v) is 5.58. The molecular formula is C18H18N2O4. The lowest BCUT2D eigenvalue weighted by atomic mass is 10.1. The van der Waals surface area contributed by atoms with Gasteiger partial charge in [0.25, 0.3) is 0 Å². The third kappa shape index (κ3) is 4.10. The van der Waals surface area contributed by atoms with Gasteiger partial charge >= 0.3 is 5.97 Å². The van der Waals surface area contributed by atoms with E-state index in [0.29, 0.717) is 23.8 Å². The molecule has 124 valence electrons. The molecule has 0 aliphatic carbocycles. The fraction of sp³-hybridized carbons (Fsp3) is 0.278. The molecule has 3 rings (SSSR count). The molecule has 0 aliphatic heterocycles. The summed E-state index contributed by atoms with van der Waals surface area (Å²) in [5.74, 6) is 1.39. The van der Waals surface area contributed by atoms with E-state index in [1.165, 1.54) is 5.56 Å². The smallest absolute Gasteiger partial charge is 0.306 e. The Labute approximate surface area is 139 Å². The summed E-state index contributed by atoms with van der Waals surface area (Å²) in [6.07, 6.45) is 2.25. The van der Waals surface area contributed by atoms with Gasteiger partial charge in [-0.05, 0) is 13.8 Å². The van der Waals surface area contributed by atoms with E-state index >= 15 is 0 Å². The van der Waals surface area contributed by atoms with Crippen molar-refractivity contribution in [2.75, 3.05) is 0 Å². The zero-order valence-corrected chi connectivity index (χ0v) is 13.6. The molecule has 0 bridgehead atoms. The number of aromatic nitrogens is 2. The fourth-order valence-electron chi connectivity index (χ4n) is 2.19. The number of nitrogens with zero attached hydrogens (tertiary/aromatic N) is 2. The molecule has 1 aromatic carbocycles. The summed E-state index contributed by atoms with van der Waals surface area (Å²) in [5, 5.41) is 3.73. The number of esters is 1. The molecule has 0 saturated carbocycles. The predicted octanol–water partition coefficient (Wildman–Crippen LogP) is 3.62. The molecule has 0 atom stereocenters. The summed E-state index contributed by atoms with van der Waals surface area (Å²) >= 11 is 0. The topological polar surface area (TPSA) is 78.4 Å². The molecule has 3 aromatic rings. The van der Waals surface area contributed by atoms with Crippen LogP contribution >= 0.6 is 0 Å². The van der Waals surface area contributed by atoms with Crippen LogP contribution in [0.4, 0.5) is 0 Å². The van der Waals surface area contributed by atoms with Crippen molar-refractivity contribution in [2.45, 2.75) is 33.3 Å². The average Bonchev–Trinajstić information content (AvgIpc) is 3.21. The summed E-state index contributed by atoms with van der Waals surface area (Å²) in [5.41, 5.74) is 2.90. The molecular weight excluding hydrogens is 308 g/mol. The number of hydrogen-bond acceptors (Lipinski definition) is 6. The largest absolute Gasteiger partial charge is 0.457 e. The summed E-state index contributed by atoms with van der Waals surface area (Å²) in [6, 6.07) is 9.72. The van der Waals surface area contributed by atoms with E-state index in [2.05, 4.69) is 10.1 Å². The average molecular weight is 326 g/mol. The lowest BCUT2D eigenvalue weighted by Gasteiger charge is -2.01. The Balaban J connectivity index is 1.49. The highest BCUT2D eigenvalue weighted by Gasteiger charge is 2.11. The third-order valence-electron chi connectivity index (χ3n) is 3.48. The standard InChI is InChI=1S/C18H18N2O4/c1-12-3-5-14(6-4-12)16-10-19-17(23-16)7-8-18(21)22-11-15-9-13(2)20-24-15/h3-6,9-10H,7-8,11H2,1-2H3. The van der Waals surface area contributed by atoms with Crippen LogP contribution in [0.5, 0.6) is 0 Å². The van der Waals surface area contributed by atoms with Crippen molar-refractivity contribution in [1.82, 2.24) is 10.1 Å². The Morgan fingerprint density at radius 1 is 1.21 bits per heavy atom. The molecule has 0 spiro atoms. The summed E-state index contributed by atoms with van der Waals surface area (Å²) in [6.45, 7) is 3.92. The minimum absolute atomic E-state index is 0.0832. The number of hydrogen-bond donors (Lipinski definition) is 0. The molecule has 0 aliphatic rings. The van der Waals surface area contributed by atoms with E-state index < -0.39 is 0 Å². The van der Waals surface area contributed by atoms with Gasteiger partial charge in [-0.2, -0.15) is 0 Å². The van der Waals surface area contributed by atoms with Gasteiger partial charge in [0.2, 0.25) is 0 Å². The summed E-state index contributed by atoms with van der Waals surface area (Å²) in [7, 11) is 0. The Morgan fingerprint density at radius 2 is 2.00 bits per heavy atom. The zero-order valence-electron chi connectivity index (χ0n) is 13.6. The summed E-state index contributed by atoms with van der Waals surface area (Å²) in [4.78, 5) is 16.0. The normalized spacial score (nSPS) is 10.8. The lowest BCUT2D eigenvalue weighted by Crippen LogP contribution is -2.05. The van der Waals surface area contributed by atoms with Crippen LogP contribution in [0.15, 0.2) is 45.5 Å². The molecule has 24 heavy (non-hydrogen) atoms. The second kappa shape index (κ2) is 7.12. The van der Waals surface area contributed by atoms with Crippen molar-refractivity contribution in [1.29, 1.82) is 0 Å². The highest BCUT2D eigenvalue weighted by Crippen LogP contribution is 2.21. The number of oxazole rings is 1. The van der Waals surface area contributed by atoms with E-state index in [4.69, 9.17) is 13.7 Å². The highest BCUT2D eigenvalue weighted by molar-refractivity contribution is 5.69. The first-order valence-corrected chi connectivity index (χ1v) is 7.70. The Bertz CT molecular complexity index is 818. The fourth-order valence-corrected chi connectivity index (χ4v) is 2.19. The maximum absolute atomic E-state index is 11.8. The minimum Gasteiger partial charge on any atom is -0.457 e. The van der Waals surface area contributed by atoms with Gasteiger partial charge in [-0.15, -0.1) is 0 Å². The van der Waals surface area contributed by atoms with Crippen molar-refractivity contribution in [2.24, 2.45) is 0 Å².